The third-order valence-corrected chi connectivity index (χ3v) is 5.14. The molecule has 0 aliphatic carbocycles. The van der Waals surface area contributed by atoms with Gasteiger partial charge in [-0.25, -0.2) is 0 Å². The van der Waals surface area contributed by atoms with Crippen LogP contribution in [0, 0.1) is 0 Å². The third kappa shape index (κ3) is 6.54. The average Bonchev–Trinajstić information content (AvgIpc) is 2.62. The first-order chi connectivity index (χ1) is 11.3. The van der Waals surface area contributed by atoms with Crippen molar-refractivity contribution < 1.29 is 4.79 Å². The second-order valence-corrected chi connectivity index (χ2v) is 6.60. The summed E-state index contributed by atoms with van der Waals surface area (Å²) < 4.78 is 0. The summed E-state index contributed by atoms with van der Waals surface area (Å²) in [7, 11) is 0. The number of rotatable bonds is 4. The van der Waals surface area contributed by atoms with Crippen LogP contribution in [0.5, 0.6) is 0 Å². The molecule has 1 aromatic heterocycles. The van der Waals surface area contributed by atoms with Gasteiger partial charge in [-0.3, -0.25) is 19.6 Å². The Balaban J connectivity index is 0.00000208. The molecular weight excluding hydrogens is 395 g/mol. The number of piperidine rings is 1. The number of carbonyl (C=O) groups excluding carboxylic acids is 1. The lowest BCUT2D eigenvalue weighted by molar-refractivity contribution is -0.140. The molecule has 150 valence electrons. The Morgan fingerprint density at radius 1 is 1.04 bits per heavy atom. The van der Waals surface area contributed by atoms with Crippen molar-refractivity contribution in [1.29, 1.82) is 0 Å². The van der Waals surface area contributed by atoms with E-state index in [4.69, 9.17) is 0 Å². The van der Waals surface area contributed by atoms with Gasteiger partial charge in [0.2, 0.25) is 5.91 Å². The number of aromatic nitrogens is 1. The number of piperazine rings is 1. The van der Waals surface area contributed by atoms with Gasteiger partial charge in [-0.15, -0.1) is 37.2 Å². The minimum Gasteiger partial charge on any atom is -0.339 e. The second-order valence-electron chi connectivity index (χ2n) is 6.60. The van der Waals surface area contributed by atoms with Crippen LogP contribution in [-0.4, -0.2) is 70.9 Å². The summed E-state index contributed by atoms with van der Waals surface area (Å²) in [5.74, 6) is 0.357. The predicted molar refractivity (Wildman–Crippen MR) is 113 cm³/mol. The van der Waals surface area contributed by atoms with Crippen molar-refractivity contribution in [3.63, 3.8) is 0 Å². The van der Waals surface area contributed by atoms with Gasteiger partial charge in [0.15, 0.2) is 0 Å². The molecule has 3 heterocycles. The highest BCUT2D eigenvalue weighted by Gasteiger charge is 2.32. The molecule has 2 saturated heterocycles. The summed E-state index contributed by atoms with van der Waals surface area (Å²) in [6.45, 7) is 8.83. The molecule has 1 unspecified atom stereocenters. The summed E-state index contributed by atoms with van der Waals surface area (Å²) in [6.07, 6.45) is 7.14. The van der Waals surface area contributed by atoms with Crippen LogP contribution in [0.2, 0.25) is 0 Å². The summed E-state index contributed by atoms with van der Waals surface area (Å²) in [6, 6.07) is 4.26. The lowest BCUT2D eigenvalue weighted by Gasteiger charge is -2.40. The zero-order valence-corrected chi connectivity index (χ0v) is 17.8. The lowest BCUT2D eigenvalue weighted by atomic mass is 10.0. The molecule has 0 radical (unpaired) electrons. The SMILES string of the molecule is CCN1CCCCC1C(=O)N1CCN(Cc2ccncc2)CC1.Cl.Cl.Cl. The number of likely N-dealkylation sites (tertiary alicyclic amines) is 1. The molecule has 1 atom stereocenters. The van der Waals surface area contributed by atoms with E-state index in [1.807, 2.05) is 12.4 Å². The van der Waals surface area contributed by atoms with Crippen molar-refractivity contribution in [3.8, 4) is 0 Å². The van der Waals surface area contributed by atoms with Gasteiger partial charge in [0, 0.05) is 45.1 Å². The molecule has 0 spiro atoms. The molecule has 2 aliphatic heterocycles. The van der Waals surface area contributed by atoms with Gasteiger partial charge < -0.3 is 4.90 Å². The van der Waals surface area contributed by atoms with Crippen molar-refractivity contribution in [1.82, 2.24) is 19.7 Å². The number of hydrogen-bond donors (Lipinski definition) is 0. The maximum atomic E-state index is 12.8. The normalized spacial score (nSPS) is 21.1. The van der Waals surface area contributed by atoms with Crippen molar-refractivity contribution in [2.75, 3.05) is 39.3 Å². The number of hydrogen-bond acceptors (Lipinski definition) is 4. The van der Waals surface area contributed by atoms with Crippen molar-refractivity contribution in [2.45, 2.75) is 38.8 Å². The van der Waals surface area contributed by atoms with Gasteiger partial charge in [-0.1, -0.05) is 13.3 Å². The van der Waals surface area contributed by atoms with Crippen LogP contribution >= 0.6 is 37.2 Å². The molecule has 1 aromatic rings. The minimum atomic E-state index is 0. The van der Waals surface area contributed by atoms with E-state index >= 15 is 0 Å². The summed E-state index contributed by atoms with van der Waals surface area (Å²) in [4.78, 5) is 23.8. The Morgan fingerprint density at radius 3 is 2.31 bits per heavy atom. The predicted octanol–water partition coefficient (Wildman–Crippen LogP) is 2.87. The zero-order valence-electron chi connectivity index (χ0n) is 15.4. The first kappa shape index (κ1) is 25.4. The number of halogens is 3. The van der Waals surface area contributed by atoms with Crippen LogP contribution in [0.3, 0.4) is 0 Å². The molecule has 2 fully saturated rings. The van der Waals surface area contributed by atoms with Crippen LogP contribution in [0.4, 0.5) is 0 Å². The monoisotopic (exact) mass is 424 g/mol. The number of likely N-dealkylation sites (N-methyl/N-ethyl adjacent to an activating group) is 1. The van der Waals surface area contributed by atoms with Gasteiger partial charge in [-0.05, 0) is 43.6 Å². The highest BCUT2D eigenvalue weighted by Crippen LogP contribution is 2.19. The fourth-order valence-electron chi connectivity index (χ4n) is 3.73. The van der Waals surface area contributed by atoms with E-state index in [1.54, 1.807) is 0 Å². The van der Waals surface area contributed by atoms with E-state index in [1.165, 1.54) is 18.4 Å². The Labute approximate surface area is 175 Å². The molecule has 5 nitrogen and oxygen atoms in total. The summed E-state index contributed by atoms with van der Waals surface area (Å²) in [5.41, 5.74) is 1.30. The number of pyridine rings is 1. The fourth-order valence-corrected chi connectivity index (χ4v) is 3.73. The highest BCUT2D eigenvalue weighted by molar-refractivity contribution is 5.86. The highest BCUT2D eigenvalue weighted by atomic mass is 35.5. The average molecular weight is 426 g/mol. The van der Waals surface area contributed by atoms with Crippen LogP contribution in [0.25, 0.3) is 0 Å². The molecule has 1 amide bonds. The Hall–Kier alpha value is -0.590. The van der Waals surface area contributed by atoms with Gasteiger partial charge in [0.05, 0.1) is 6.04 Å². The van der Waals surface area contributed by atoms with Crippen LogP contribution in [0.1, 0.15) is 31.7 Å². The molecular formula is C18H31Cl3N4O. The molecule has 0 saturated carbocycles. The van der Waals surface area contributed by atoms with Gasteiger partial charge in [0.1, 0.15) is 0 Å². The molecule has 26 heavy (non-hydrogen) atoms. The van der Waals surface area contributed by atoms with E-state index < -0.39 is 0 Å². The van der Waals surface area contributed by atoms with E-state index in [0.29, 0.717) is 5.91 Å². The standard InChI is InChI=1S/C18H28N4O.3ClH/c1-2-21-10-4-3-5-17(21)18(23)22-13-11-20(12-14-22)15-16-6-8-19-9-7-16;;;/h6-9,17H,2-5,10-15H2,1H3;3*1H. The van der Waals surface area contributed by atoms with E-state index in [0.717, 1.165) is 52.2 Å². The second kappa shape index (κ2) is 12.7. The number of carbonyl (C=O) groups is 1. The fraction of sp³-hybridized carbons (Fsp3) is 0.667. The minimum absolute atomic E-state index is 0. The summed E-state index contributed by atoms with van der Waals surface area (Å²) >= 11 is 0. The van der Waals surface area contributed by atoms with E-state index in [2.05, 4.69) is 38.7 Å². The molecule has 8 heteroatoms. The van der Waals surface area contributed by atoms with E-state index in [9.17, 15) is 4.79 Å². The molecule has 0 N–H and O–H groups in total. The number of amides is 1. The number of nitrogens with zero attached hydrogens (tertiary/aromatic N) is 4. The largest absolute Gasteiger partial charge is 0.339 e. The molecule has 0 aromatic carbocycles. The maximum Gasteiger partial charge on any atom is 0.240 e. The Kier molecular flexibility index (Phi) is 12.4. The van der Waals surface area contributed by atoms with Crippen LogP contribution in [0.15, 0.2) is 24.5 Å². The molecule has 2 aliphatic rings. The molecule has 3 rings (SSSR count). The Morgan fingerprint density at radius 2 is 1.69 bits per heavy atom. The maximum absolute atomic E-state index is 12.8. The summed E-state index contributed by atoms with van der Waals surface area (Å²) in [5, 5.41) is 0. The quantitative estimate of drug-likeness (QED) is 0.743. The van der Waals surface area contributed by atoms with Crippen molar-refractivity contribution >= 4 is 43.1 Å². The zero-order chi connectivity index (χ0) is 16.1. The van der Waals surface area contributed by atoms with Crippen LogP contribution in [-0.2, 0) is 11.3 Å². The van der Waals surface area contributed by atoms with Crippen LogP contribution < -0.4 is 0 Å². The first-order valence-electron chi connectivity index (χ1n) is 8.92. The van der Waals surface area contributed by atoms with Gasteiger partial charge in [0.25, 0.3) is 0 Å². The Bertz CT molecular complexity index is 512. The smallest absolute Gasteiger partial charge is 0.240 e. The van der Waals surface area contributed by atoms with E-state index in [-0.39, 0.29) is 43.3 Å². The lowest BCUT2D eigenvalue weighted by Crippen LogP contribution is -2.55. The van der Waals surface area contributed by atoms with Gasteiger partial charge in [-0.2, -0.15) is 0 Å². The molecule has 0 bridgehead atoms. The van der Waals surface area contributed by atoms with Gasteiger partial charge >= 0.3 is 0 Å². The van der Waals surface area contributed by atoms with Crippen molar-refractivity contribution in [3.05, 3.63) is 30.1 Å². The third-order valence-electron chi connectivity index (χ3n) is 5.14. The topological polar surface area (TPSA) is 39.7 Å². The van der Waals surface area contributed by atoms with Crippen molar-refractivity contribution in [2.24, 2.45) is 0 Å². The first-order valence-corrected chi connectivity index (χ1v) is 8.92.